The van der Waals surface area contributed by atoms with Crippen LogP contribution in [0.25, 0.3) is 0 Å². The molecule has 7 nitrogen and oxygen atoms in total. The molecule has 1 aliphatic heterocycles. The first-order chi connectivity index (χ1) is 10.2. The van der Waals surface area contributed by atoms with Gasteiger partial charge in [0.25, 0.3) is 0 Å². The molecule has 7 heteroatoms. The van der Waals surface area contributed by atoms with E-state index in [0.717, 1.165) is 0 Å². The van der Waals surface area contributed by atoms with Crippen LogP contribution in [0.3, 0.4) is 0 Å². The van der Waals surface area contributed by atoms with Crippen molar-refractivity contribution in [3.05, 3.63) is 11.7 Å². The van der Waals surface area contributed by atoms with E-state index in [4.69, 9.17) is 18.7 Å². The second-order valence-electron chi connectivity index (χ2n) is 5.54. The molecule has 0 radical (unpaired) electrons. The molecule has 0 atom stereocenters. The Balaban J connectivity index is 1.88. The molecule has 0 N–H and O–H groups in total. The summed E-state index contributed by atoms with van der Waals surface area (Å²) in [4.78, 5) is 16.4. The first-order valence-corrected chi connectivity index (χ1v) is 7.32. The predicted molar refractivity (Wildman–Crippen MR) is 70.6 cm³/mol. The highest BCUT2D eigenvalue weighted by atomic mass is 16.5. The molecule has 0 amide bonds. The average Bonchev–Trinajstić information content (AvgIpc) is 3.17. The number of ether oxygens (including phenoxy) is 3. The van der Waals surface area contributed by atoms with Crippen molar-refractivity contribution in [3.63, 3.8) is 0 Å². The Kier molecular flexibility index (Phi) is 3.71. The molecule has 0 aromatic carbocycles. The van der Waals surface area contributed by atoms with E-state index in [9.17, 15) is 4.79 Å². The lowest BCUT2D eigenvalue weighted by molar-refractivity contribution is -0.144. The molecule has 21 heavy (non-hydrogen) atoms. The minimum atomic E-state index is -0.738. The van der Waals surface area contributed by atoms with Crippen LogP contribution >= 0.6 is 0 Å². The third kappa shape index (κ3) is 2.34. The molecule has 2 aliphatic rings. The van der Waals surface area contributed by atoms with Crippen molar-refractivity contribution in [2.75, 3.05) is 26.9 Å². The summed E-state index contributed by atoms with van der Waals surface area (Å²) in [5, 5.41) is 4.08. The van der Waals surface area contributed by atoms with Crippen LogP contribution in [0.15, 0.2) is 4.52 Å². The van der Waals surface area contributed by atoms with E-state index < -0.39 is 11.0 Å². The van der Waals surface area contributed by atoms with Gasteiger partial charge < -0.3 is 18.7 Å². The van der Waals surface area contributed by atoms with Crippen molar-refractivity contribution < 1.29 is 23.5 Å². The van der Waals surface area contributed by atoms with Crippen LogP contribution in [0.1, 0.15) is 44.3 Å². The minimum absolute atomic E-state index is 0.310. The van der Waals surface area contributed by atoms with E-state index in [1.54, 1.807) is 0 Å². The standard InChI is InChI=1S/C14H20N2O5/c1-3-20-14(6-8-19-9-7-14)10-15-11(21-16-10)13(4-5-13)12(17)18-2/h3-9H2,1-2H3. The Morgan fingerprint density at radius 1 is 1.29 bits per heavy atom. The van der Waals surface area contributed by atoms with Crippen LogP contribution in [-0.4, -0.2) is 43.0 Å². The minimum Gasteiger partial charge on any atom is -0.468 e. The summed E-state index contributed by atoms with van der Waals surface area (Å²) in [7, 11) is 1.37. The zero-order chi connectivity index (χ0) is 14.9. The van der Waals surface area contributed by atoms with Gasteiger partial charge in [-0.15, -0.1) is 0 Å². The number of esters is 1. The smallest absolute Gasteiger partial charge is 0.321 e. The van der Waals surface area contributed by atoms with Crippen LogP contribution in [0, 0.1) is 0 Å². The molecular weight excluding hydrogens is 276 g/mol. The average molecular weight is 296 g/mol. The Hall–Kier alpha value is -1.47. The summed E-state index contributed by atoms with van der Waals surface area (Å²) in [6.45, 7) is 3.71. The molecule has 1 aliphatic carbocycles. The second-order valence-corrected chi connectivity index (χ2v) is 5.54. The summed E-state index contributed by atoms with van der Waals surface area (Å²) < 4.78 is 21.5. The van der Waals surface area contributed by atoms with Crippen LogP contribution in [-0.2, 0) is 30.0 Å². The first-order valence-electron chi connectivity index (χ1n) is 7.32. The number of nitrogens with zero attached hydrogens (tertiary/aromatic N) is 2. The molecule has 116 valence electrons. The molecule has 0 spiro atoms. The van der Waals surface area contributed by atoms with Crippen LogP contribution in [0.2, 0.25) is 0 Å². The summed E-state index contributed by atoms with van der Waals surface area (Å²) in [5.74, 6) is 0.544. The van der Waals surface area contributed by atoms with Crippen LogP contribution in [0.5, 0.6) is 0 Å². The topological polar surface area (TPSA) is 83.7 Å². The number of aromatic nitrogens is 2. The Bertz CT molecular complexity index is 512. The fourth-order valence-electron chi connectivity index (χ4n) is 2.84. The Morgan fingerprint density at radius 2 is 2.00 bits per heavy atom. The Morgan fingerprint density at radius 3 is 2.57 bits per heavy atom. The zero-order valence-electron chi connectivity index (χ0n) is 12.4. The lowest BCUT2D eigenvalue weighted by Crippen LogP contribution is -2.37. The van der Waals surface area contributed by atoms with Gasteiger partial charge in [-0.25, -0.2) is 0 Å². The number of carbonyl (C=O) groups is 1. The molecule has 0 bridgehead atoms. The first kappa shape index (κ1) is 14.5. The zero-order valence-corrected chi connectivity index (χ0v) is 12.4. The van der Waals surface area contributed by atoms with Gasteiger partial charge in [0.15, 0.2) is 0 Å². The molecular formula is C14H20N2O5. The fourth-order valence-corrected chi connectivity index (χ4v) is 2.84. The fraction of sp³-hybridized carbons (Fsp3) is 0.786. The number of hydrogen-bond donors (Lipinski definition) is 0. The lowest BCUT2D eigenvalue weighted by Gasteiger charge is -2.33. The van der Waals surface area contributed by atoms with E-state index in [-0.39, 0.29) is 5.97 Å². The highest BCUT2D eigenvalue weighted by Gasteiger charge is 2.58. The Labute approximate surface area is 122 Å². The van der Waals surface area contributed by atoms with Crippen molar-refractivity contribution in [1.29, 1.82) is 0 Å². The van der Waals surface area contributed by atoms with Gasteiger partial charge in [-0.2, -0.15) is 4.98 Å². The van der Waals surface area contributed by atoms with Crippen LogP contribution < -0.4 is 0 Å². The maximum atomic E-state index is 11.9. The maximum absolute atomic E-state index is 11.9. The van der Waals surface area contributed by atoms with Gasteiger partial charge in [0, 0.05) is 32.7 Å². The monoisotopic (exact) mass is 296 g/mol. The number of methoxy groups -OCH3 is 1. The van der Waals surface area contributed by atoms with Gasteiger partial charge in [-0.1, -0.05) is 5.16 Å². The highest BCUT2D eigenvalue weighted by Crippen LogP contribution is 2.49. The van der Waals surface area contributed by atoms with E-state index in [0.29, 0.717) is 57.2 Å². The molecule has 3 rings (SSSR count). The largest absolute Gasteiger partial charge is 0.468 e. The van der Waals surface area contributed by atoms with Crippen molar-refractivity contribution in [2.45, 2.75) is 43.6 Å². The van der Waals surface area contributed by atoms with Gasteiger partial charge in [-0.3, -0.25) is 4.79 Å². The third-order valence-electron chi connectivity index (χ3n) is 4.29. The lowest BCUT2D eigenvalue weighted by atomic mass is 9.93. The molecule has 2 heterocycles. The summed E-state index contributed by atoms with van der Waals surface area (Å²) in [5.41, 5.74) is -1.31. The summed E-state index contributed by atoms with van der Waals surface area (Å²) in [6, 6.07) is 0. The van der Waals surface area contributed by atoms with E-state index >= 15 is 0 Å². The molecule has 1 aromatic heterocycles. The van der Waals surface area contributed by atoms with E-state index in [1.165, 1.54) is 7.11 Å². The van der Waals surface area contributed by atoms with Gasteiger partial charge in [0.05, 0.1) is 7.11 Å². The quantitative estimate of drug-likeness (QED) is 0.757. The van der Waals surface area contributed by atoms with Crippen molar-refractivity contribution >= 4 is 5.97 Å². The SMILES string of the molecule is CCOC1(c2noc(C3(C(=O)OC)CC3)n2)CCOCC1. The summed E-state index contributed by atoms with van der Waals surface area (Å²) >= 11 is 0. The molecule has 1 saturated carbocycles. The predicted octanol–water partition coefficient (Wildman–Crippen LogP) is 1.32. The molecule has 1 saturated heterocycles. The molecule has 2 fully saturated rings. The number of carbonyl (C=O) groups excluding carboxylic acids is 1. The third-order valence-corrected chi connectivity index (χ3v) is 4.29. The molecule has 0 unspecified atom stereocenters. The second kappa shape index (κ2) is 5.38. The van der Waals surface area contributed by atoms with E-state index in [1.807, 2.05) is 6.92 Å². The number of rotatable bonds is 5. The van der Waals surface area contributed by atoms with Gasteiger partial charge in [0.1, 0.15) is 11.0 Å². The van der Waals surface area contributed by atoms with Gasteiger partial charge >= 0.3 is 5.97 Å². The highest BCUT2D eigenvalue weighted by molar-refractivity contribution is 5.85. The van der Waals surface area contributed by atoms with Crippen molar-refractivity contribution in [3.8, 4) is 0 Å². The maximum Gasteiger partial charge on any atom is 0.321 e. The normalized spacial score (nSPS) is 22.8. The number of hydrogen-bond acceptors (Lipinski definition) is 7. The summed E-state index contributed by atoms with van der Waals surface area (Å²) in [6.07, 6.45) is 2.74. The molecule has 1 aromatic rings. The van der Waals surface area contributed by atoms with E-state index in [2.05, 4.69) is 10.1 Å². The van der Waals surface area contributed by atoms with Crippen molar-refractivity contribution in [1.82, 2.24) is 10.1 Å². The van der Waals surface area contributed by atoms with Crippen LogP contribution in [0.4, 0.5) is 0 Å². The van der Waals surface area contributed by atoms with Gasteiger partial charge in [-0.05, 0) is 19.8 Å². The van der Waals surface area contributed by atoms with Crippen molar-refractivity contribution in [2.24, 2.45) is 0 Å². The van der Waals surface area contributed by atoms with Gasteiger partial charge in [0.2, 0.25) is 11.7 Å².